The van der Waals surface area contributed by atoms with E-state index in [0.717, 1.165) is 11.1 Å². The molecule has 0 spiro atoms. The predicted molar refractivity (Wildman–Crippen MR) is 135 cm³/mol. The van der Waals surface area contributed by atoms with Crippen molar-refractivity contribution >= 4 is 29.2 Å². The summed E-state index contributed by atoms with van der Waals surface area (Å²) in [5.41, 5.74) is -0.434. The summed E-state index contributed by atoms with van der Waals surface area (Å²) in [6.07, 6.45) is -1.33. The maximum absolute atomic E-state index is 13.7. The van der Waals surface area contributed by atoms with Crippen molar-refractivity contribution in [3.8, 4) is 0 Å². The molecule has 36 heavy (non-hydrogen) atoms. The summed E-state index contributed by atoms with van der Waals surface area (Å²) >= 11 is 1.44. The van der Waals surface area contributed by atoms with Gasteiger partial charge in [0.2, 0.25) is 0 Å². The second kappa shape index (κ2) is 12.3. The van der Waals surface area contributed by atoms with Gasteiger partial charge in [0.1, 0.15) is 11.9 Å². The molecule has 200 valence electrons. The number of ketones is 1. The van der Waals surface area contributed by atoms with Crippen molar-refractivity contribution in [2.75, 3.05) is 0 Å². The lowest BCUT2D eigenvalue weighted by atomic mass is 9.75. The first kappa shape index (κ1) is 30.0. The Morgan fingerprint density at radius 2 is 1.94 bits per heavy atom. The number of ether oxygens (including phenoxy) is 1. The molecule has 0 bridgehead atoms. The topological polar surface area (TPSA) is 76.5 Å². The number of aliphatic hydroxyl groups excluding tert-OH is 1. The Labute approximate surface area is 215 Å². The summed E-state index contributed by atoms with van der Waals surface area (Å²) in [5, 5.41) is 13.3. The molecule has 1 aromatic rings. The second-order valence-corrected chi connectivity index (χ2v) is 11.2. The maximum Gasteiger partial charge on any atom is 0.412 e. The van der Waals surface area contributed by atoms with Crippen molar-refractivity contribution in [3.63, 3.8) is 0 Å². The number of carbonyl (C=O) groups is 2. The molecule has 1 aliphatic rings. The molecule has 0 aromatic carbocycles. The number of aromatic nitrogens is 1. The van der Waals surface area contributed by atoms with Gasteiger partial charge in [0, 0.05) is 41.0 Å². The van der Waals surface area contributed by atoms with E-state index in [4.69, 9.17) is 4.74 Å². The van der Waals surface area contributed by atoms with E-state index in [1.54, 1.807) is 40.7 Å². The third-order valence-electron chi connectivity index (χ3n) is 6.60. The molecule has 5 nitrogen and oxygen atoms in total. The number of cyclic esters (lactones) is 1. The minimum atomic E-state index is -4.57. The van der Waals surface area contributed by atoms with E-state index in [-0.39, 0.29) is 25.0 Å². The fourth-order valence-corrected chi connectivity index (χ4v) is 4.74. The number of allylic oxidation sites excluding steroid dienone is 2. The average Bonchev–Trinajstić information content (AvgIpc) is 3.20. The SMILES string of the molecule is C/C(=C\c1csc(C)n1)[C@@H]1C/C=C(/C(F)(F)F)C/C=C/[C@H](C)[C@H](O)[C@@H](C)C(=O)C(C)(C)CCC(=O)O1. The molecule has 0 fully saturated rings. The van der Waals surface area contributed by atoms with Crippen LogP contribution in [0.15, 0.2) is 34.8 Å². The zero-order chi connectivity index (χ0) is 27.3. The lowest BCUT2D eigenvalue weighted by molar-refractivity contribution is -0.148. The van der Waals surface area contributed by atoms with E-state index in [1.165, 1.54) is 23.5 Å². The Morgan fingerprint density at radius 3 is 2.53 bits per heavy atom. The van der Waals surface area contributed by atoms with E-state index in [0.29, 0.717) is 11.3 Å². The number of thiazole rings is 1. The van der Waals surface area contributed by atoms with Crippen LogP contribution < -0.4 is 0 Å². The van der Waals surface area contributed by atoms with Crippen molar-refractivity contribution < 1.29 is 32.6 Å². The van der Waals surface area contributed by atoms with Crippen LogP contribution in [0.2, 0.25) is 0 Å². The molecule has 2 heterocycles. The Bertz CT molecular complexity index is 1020. The molecule has 0 unspecified atom stereocenters. The number of hydrogen-bond donors (Lipinski definition) is 1. The average molecular weight is 528 g/mol. The van der Waals surface area contributed by atoms with Crippen LogP contribution in [-0.2, 0) is 14.3 Å². The van der Waals surface area contributed by atoms with Gasteiger partial charge in [0.15, 0.2) is 0 Å². The summed E-state index contributed by atoms with van der Waals surface area (Å²) in [5.74, 6) is -2.08. The van der Waals surface area contributed by atoms with E-state index in [2.05, 4.69) is 4.98 Å². The molecule has 1 aliphatic heterocycles. The van der Waals surface area contributed by atoms with Crippen LogP contribution in [0.1, 0.15) is 71.0 Å². The number of rotatable bonds is 2. The van der Waals surface area contributed by atoms with Gasteiger partial charge in [0.05, 0.1) is 16.8 Å². The summed E-state index contributed by atoms with van der Waals surface area (Å²) < 4.78 is 46.8. The molecule has 0 radical (unpaired) electrons. The fraction of sp³-hybridized carbons (Fsp3) is 0.593. The van der Waals surface area contributed by atoms with Crippen molar-refractivity contribution in [2.24, 2.45) is 17.3 Å². The van der Waals surface area contributed by atoms with Crippen LogP contribution in [-0.4, -0.2) is 40.2 Å². The summed E-state index contributed by atoms with van der Waals surface area (Å²) in [6.45, 7) is 10.3. The van der Waals surface area contributed by atoms with Gasteiger partial charge in [-0.2, -0.15) is 13.2 Å². The highest BCUT2D eigenvalue weighted by molar-refractivity contribution is 7.09. The van der Waals surface area contributed by atoms with Gasteiger partial charge in [-0.15, -0.1) is 11.3 Å². The van der Waals surface area contributed by atoms with Gasteiger partial charge in [-0.1, -0.05) is 45.9 Å². The van der Waals surface area contributed by atoms with E-state index in [1.807, 2.05) is 12.3 Å². The lowest BCUT2D eigenvalue weighted by Gasteiger charge is -2.30. The van der Waals surface area contributed by atoms with Gasteiger partial charge < -0.3 is 9.84 Å². The minimum absolute atomic E-state index is 0.0769. The highest BCUT2D eigenvalue weighted by atomic mass is 32.1. The van der Waals surface area contributed by atoms with Gasteiger partial charge in [0.25, 0.3) is 0 Å². The zero-order valence-electron chi connectivity index (χ0n) is 21.7. The molecular formula is C27H36F3NO4S. The highest BCUT2D eigenvalue weighted by Gasteiger charge is 2.37. The smallest absolute Gasteiger partial charge is 0.412 e. The Morgan fingerprint density at radius 1 is 1.28 bits per heavy atom. The largest absolute Gasteiger partial charge is 0.457 e. The number of alkyl halides is 3. The number of aliphatic hydroxyl groups is 1. The number of aryl methyl sites for hydroxylation is 1. The van der Waals surface area contributed by atoms with Crippen LogP contribution >= 0.6 is 11.3 Å². The third-order valence-corrected chi connectivity index (χ3v) is 7.39. The Hall–Kier alpha value is -2.26. The maximum atomic E-state index is 13.7. The number of esters is 1. The first-order valence-corrected chi connectivity index (χ1v) is 12.9. The highest BCUT2D eigenvalue weighted by Crippen LogP contribution is 2.33. The number of carbonyl (C=O) groups excluding carboxylic acids is 2. The van der Waals surface area contributed by atoms with Gasteiger partial charge in [-0.25, -0.2) is 4.98 Å². The number of hydrogen-bond acceptors (Lipinski definition) is 6. The molecule has 4 atom stereocenters. The number of Topliss-reactive ketones (excluding diaryl/α,β-unsaturated/α-hetero) is 1. The molecule has 1 N–H and O–H groups in total. The second-order valence-electron chi connectivity index (χ2n) is 10.1. The van der Waals surface area contributed by atoms with Crippen molar-refractivity contribution in [2.45, 2.75) is 85.6 Å². The van der Waals surface area contributed by atoms with Crippen LogP contribution in [0.25, 0.3) is 6.08 Å². The summed E-state index contributed by atoms with van der Waals surface area (Å²) in [6, 6.07) is 0. The van der Waals surface area contributed by atoms with Crippen LogP contribution in [0.3, 0.4) is 0 Å². The van der Waals surface area contributed by atoms with E-state index >= 15 is 0 Å². The molecule has 1 aromatic heterocycles. The first-order chi connectivity index (χ1) is 16.6. The van der Waals surface area contributed by atoms with Crippen molar-refractivity contribution in [3.05, 3.63) is 45.5 Å². The third kappa shape index (κ3) is 8.40. The predicted octanol–water partition coefficient (Wildman–Crippen LogP) is 6.61. The monoisotopic (exact) mass is 527 g/mol. The quantitative estimate of drug-likeness (QED) is 0.346. The molecule has 9 heteroatoms. The molecule has 0 saturated carbocycles. The summed E-state index contributed by atoms with van der Waals surface area (Å²) in [7, 11) is 0. The number of nitrogens with zero attached hydrogens (tertiary/aromatic N) is 1. The number of halogens is 3. The van der Waals surface area contributed by atoms with Crippen molar-refractivity contribution in [1.29, 1.82) is 0 Å². The first-order valence-electron chi connectivity index (χ1n) is 12.1. The molecule has 2 rings (SSSR count). The van der Waals surface area contributed by atoms with E-state index in [9.17, 15) is 27.9 Å². The normalized spacial score (nSPS) is 29.8. The standard InChI is InChI=1S/C27H36F3NO4S/c1-16-8-7-9-20(27(28,29)30)10-11-22(17(2)14-21-15-36-19(4)31-21)35-23(32)12-13-26(5,6)25(34)18(3)24(16)33/h7-8,10,14-16,18,22,24,33H,9,11-13H2,1-6H3/b8-7+,17-14+,20-10+/t16-,18+,22-,24-/m0/s1. The zero-order valence-corrected chi connectivity index (χ0v) is 22.5. The minimum Gasteiger partial charge on any atom is -0.457 e. The fourth-order valence-electron chi connectivity index (χ4n) is 4.17. The molecule has 0 saturated heterocycles. The molecular weight excluding hydrogens is 491 g/mol. The Kier molecular flexibility index (Phi) is 10.3. The summed E-state index contributed by atoms with van der Waals surface area (Å²) in [4.78, 5) is 30.2. The van der Waals surface area contributed by atoms with Gasteiger partial charge >= 0.3 is 12.1 Å². The van der Waals surface area contributed by atoms with Gasteiger partial charge in [-0.3, -0.25) is 9.59 Å². The van der Waals surface area contributed by atoms with Crippen LogP contribution in [0.4, 0.5) is 13.2 Å². The van der Waals surface area contributed by atoms with Crippen molar-refractivity contribution in [1.82, 2.24) is 4.98 Å². The van der Waals surface area contributed by atoms with Crippen LogP contribution in [0, 0.1) is 24.2 Å². The van der Waals surface area contributed by atoms with Crippen LogP contribution in [0.5, 0.6) is 0 Å². The molecule has 0 amide bonds. The Balaban J connectivity index is 2.45. The van der Waals surface area contributed by atoms with Gasteiger partial charge in [-0.05, 0) is 38.3 Å². The molecule has 0 aliphatic carbocycles. The lowest BCUT2D eigenvalue weighted by Crippen LogP contribution is -2.38. The van der Waals surface area contributed by atoms with E-state index < -0.39 is 53.6 Å².